The first-order chi connectivity index (χ1) is 10.5. The fourth-order valence-electron chi connectivity index (χ4n) is 1.54. The first-order valence-electron chi connectivity index (χ1n) is 7.44. The number of carboxylic acids is 2. The molecule has 0 aromatic rings. The van der Waals surface area contributed by atoms with Crippen molar-refractivity contribution in [2.75, 3.05) is 0 Å². The summed E-state index contributed by atoms with van der Waals surface area (Å²) in [6, 6.07) is 0. The molecule has 23 heavy (non-hydrogen) atoms. The molecule has 0 aliphatic rings. The van der Waals surface area contributed by atoms with Crippen molar-refractivity contribution in [3.8, 4) is 0 Å². The number of carbonyl (C=O) groups excluding carboxylic acids is 2. The van der Waals surface area contributed by atoms with Crippen LogP contribution in [0.25, 0.3) is 0 Å². The summed E-state index contributed by atoms with van der Waals surface area (Å²) in [5.74, 6) is -1.92. The average Bonchev–Trinajstić information content (AvgIpc) is 2.46. The Morgan fingerprint density at radius 2 is 1.04 bits per heavy atom. The average molecular weight is 391 g/mol. The Labute approximate surface area is 178 Å². The monoisotopic (exact) mass is 390 g/mol. The molecule has 0 atom stereocenters. The summed E-state index contributed by atoms with van der Waals surface area (Å²) in [4.78, 5) is 19.9. The maximum absolute atomic E-state index is 9.94. The van der Waals surface area contributed by atoms with Gasteiger partial charge < -0.3 is 19.8 Å². The Morgan fingerprint density at radius 3 is 1.30 bits per heavy atom. The molecule has 0 aromatic heterocycles. The third-order valence-corrected chi connectivity index (χ3v) is 3.04. The second kappa shape index (κ2) is 24.5. The van der Waals surface area contributed by atoms with Crippen molar-refractivity contribution in [1.29, 1.82) is 0 Å². The zero-order valence-corrected chi connectivity index (χ0v) is 17.2. The van der Waals surface area contributed by atoms with Gasteiger partial charge in [0.1, 0.15) is 0 Å². The van der Waals surface area contributed by atoms with Gasteiger partial charge in [-0.05, 0) is 51.4 Å². The molecular formula is C16H24CaCl2O4. The molecule has 0 rings (SSSR count). The van der Waals surface area contributed by atoms with Crippen LogP contribution in [0.4, 0.5) is 0 Å². The number of carboxylic acid groups (broad SMARTS) is 2. The maximum atomic E-state index is 9.94. The number of halogens is 2. The number of aliphatic carboxylic acids is 2. The third-order valence-electron chi connectivity index (χ3n) is 2.68. The van der Waals surface area contributed by atoms with Crippen LogP contribution in [0, 0.1) is 0 Å². The van der Waals surface area contributed by atoms with E-state index in [1.165, 1.54) is 11.1 Å². The van der Waals surface area contributed by atoms with Gasteiger partial charge in [-0.15, -0.1) is 0 Å². The van der Waals surface area contributed by atoms with Crippen molar-refractivity contribution in [1.82, 2.24) is 0 Å². The van der Waals surface area contributed by atoms with Crippen molar-refractivity contribution in [2.24, 2.45) is 0 Å². The fourth-order valence-corrected chi connectivity index (χ4v) is 1.79. The number of carbonyl (C=O) groups is 2. The predicted octanol–water partition coefficient (Wildman–Crippen LogP) is 2.50. The van der Waals surface area contributed by atoms with E-state index in [0.29, 0.717) is 12.8 Å². The zero-order chi connectivity index (χ0) is 17.1. The second-order valence-electron chi connectivity index (χ2n) is 4.67. The molecule has 0 aromatic carbocycles. The first-order valence-corrected chi connectivity index (χ1v) is 8.32. The van der Waals surface area contributed by atoms with Crippen LogP contribution >= 0.6 is 23.2 Å². The van der Waals surface area contributed by atoms with Gasteiger partial charge in [0, 0.05) is 23.0 Å². The molecule has 0 saturated carbocycles. The van der Waals surface area contributed by atoms with Crippen LogP contribution in [0.5, 0.6) is 0 Å². The van der Waals surface area contributed by atoms with Crippen molar-refractivity contribution in [3.05, 3.63) is 23.2 Å². The number of rotatable bonds is 12. The van der Waals surface area contributed by atoms with E-state index in [4.69, 9.17) is 23.2 Å². The van der Waals surface area contributed by atoms with Gasteiger partial charge >= 0.3 is 37.7 Å². The van der Waals surface area contributed by atoms with E-state index in [1.807, 2.05) is 12.2 Å². The SMILES string of the molecule is O=C([O-])CCCCC/C=C/Cl.O=C([O-])CCCCC/C=C/Cl.[Ca+2]. The van der Waals surface area contributed by atoms with Crippen LogP contribution in [0.1, 0.15) is 64.2 Å². The molecule has 7 heteroatoms. The molecule has 0 radical (unpaired) electrons. The van der Waals surface area contributed by atoms with Crippen LogP contribution in [0.15, 0.2) is 23.2 Å². The number of hydrogen-bond acceptors (Lipinski definition) is 4. The first kappa shape index (κ1) is 28.1. The number of unbranched alkanes of at least 4 members (excludes halogenated alkanes) is 6. The summed E-state index contributed by atoms with van der Waals surface area (Å²) in [6.07, 6.45) is 11.2. The topological polar surface area (TPSA) is 80.3 Å². The molecular weight excluding hydrogens is 367 g/mol. The third kappa shape index (κ3) is 34.6. The van der Waals surface area contributed by atoms with E-state index in [1.54, 1.807) is 0 Å². The summed E-state index contributed by atoms with van der Waals surface area (Å²) >= 11 is 10.6. The Bertz CT molecular complexity index is 302. The van der Waals surface area contributed by atoms with Crippen molar-refractivity contribution >= 4 is 72.9 Å². The molecule has 0 aliphatic heterocycles. The molecule has 0 N–H and O–H groups in total. The van der Waals surface area contributed by atoms with E-state index in [2.05, 4.69) is 0 Å². The Hall–Kier alpha value is 0.260. The van der Waals surface area contributed by atoms with Crippen LogP contribution in [-0.4, -0.2) is 49.7 Å². The molecule has 0 spiro atoms. The van der Waals surface area contributed by atoms with E-state index < -0.39 is 11.9 Å². The normalized spacial score (nSPS) is 10.2. The van der Waals surface area contributed by atoms with Gasteiger partial charge in [-0.3, -0.25) is 0 Å². The largest absolute Gasteiger partial charge is 2.00 e. The summed E-state index contributed by atoms with van der Waals surface area (Å²) in [6.45, 7) is 0. The quantitative estimate of drug-likeness (QED) is 0.378. The second-order valence-corrected chi connectivity index (χ2v) is 5.17. The summed E-state index contributed by atoms with van der Waals surface area (Å²) in [5.41, 5.74) is 2.97. The van der Waals surface area contributed by atoms with Gasteiger partial charge in [-0.25, -0.2) is 0 Å². The maximum Gasteiger partial charge on any atom is 2.00 e. The van der Waals surface area contributed by atoms with Crippen molar-refractivity contribution < 1.29 is 19.8 Å². The van der Waals surface area contributed by atoms with E-state index in [-0.39, 0.29) is 50.6 Å². The molecule has 0 amide bonds. The molecule has 4 nitrogen and oxygen atoms in total. The summed E-state index contributed by atoms with van der Waals surface area (Å²) in [7, 11) is 0. The van der Waals surface area contributed by atoms with Crippen LogP contribution in [0.3, 0.4) is 0 Å². The van der Waals surface area contributed by atoms with Crippen molar-refractivity contribution in [3.63, 3.8) is 0 Å². The Kier molecular flexibility index (Phi) is 29.9. The number of hydrogen-bond donors (Lipinski definition) is 0. The van der Waals surface area contributed by atoms with Gasteiger partial charge in [0.15, 0.2) is 0 Å². The zero-order valence-electron chi connectivity index (χ0n) is 13.5. The molecule has 0 fully saturated rings. The minimum atomic E-state index is -0.960. The molecule has 0 bridgehead atoms. The van der Waals surface area contributed by atoms with E-state index in [9.17, 15) is 19.8 Å². The minimum Gasteiger partial charge on any atom is -0.550 e. The molecule has 0 saturated heterocycles. The summed E-state index contributed by atoms with van der Waals surface area (Å²) in [5, 5.41) is 19.9. The van der Waals surface area contributed by atoms with Crippen LogP contribution < -0.4 is 10.2 Å². The van der Waals surface area contributed by atoms with Crippen LogP contribution in [-0.2, 0) is 9.59 Å². The van der Waals surface area contributed by atoms with Gasteiger partial charge in [0.2, 0.25) is 0 Å². The standard InChI is InChI=1S/2C8H13ClO2.Ca/c2*9-7-5-3-1-2-4-6-8(10)11;/h2*5,7H,1-4,6H2,(H,10,11);/q;;+2/p-2/b2*7-5+;. The molecule has 0 unspecified atom stereocenters. The van der Waals surface area contributed by atoms with Gasteiger partial charge in [-0.2, -0.15) is 0 Å². The molecule has 128 valence electrons. The minimum absolute atomic E-state index is 0. The van der Waals surface area contributed by atoms with Crippen LogP contribution in [0.2, 0.25) is 0 Å². The number of allylic oxidation sites excluding steroid dienone is 2. The fraction of sp³-hybridized carbons (Fsp3) is 0.625. The van der Waals surface area contributed by atoms with Gasteiger partial charge in [-0.1, -0.05) is 48.2 Å². The Morgan fingerprint density at radius 1 is 0.696 bits per heavy atom. The van der Waals surface area contributed by atoms with E-state index in [0.717, 1.165) is 38.5 Å². The molecule has 0 heterocycles. The smallest absolute Gasteiger partial charge is 0.550 e. The Balaban J connectivity index is -0.000000333. The van der Waals surface area contributed by atoms with Gasteiger partial charge in [0.25, 0.3) is 0 Å². The van der Waals surface area contributed by atoms with Gasteiger partial charge in [0.05, 0.1) is 0 Å². The molecule has 0 aliphatic carbocycles. The summed E-state index contributed by atoms with van der Waals surface area (Å²) < 4.78 is 0. The van der Waals surface area contributed by atoms with Crippen molar-refractivity contribution in [2.45, 2.75) is 64.2 Å². The predicted molar refractivity (Wildman–Crippen MR) is 91.9 cm³/mol. The van der Waals surface area contributed by atoms with E-state index >= 15 is 0 Å².